The van der Waals surface area contributed by atoms with E-state index in [-0.39, 0.29) is 18.1 Å². The van der Waals surface area contributed by atoms with Crippen LogP contribution in [-0.2, 0) is 17.6 Å². The van der Waals surface area contributed by atoms with Crippen molar-refractivity contribution in [2.45, 2.75) is 57.8 Å². The molecular weight excluding hydrogens is 456 g/mol. The Balaban J connectivity index is 1.60. The Bertz CT molecular complexity index is 1170. The molecule has 3 aromatic rings. The van der Waals surface area contributed by atoms with Gasteiger partial charge in [0.1, 0.15) is 0 Å². The molecule has 1 aliphatic heterocycles. The number of aromatic nitrogens is 3. The number of ether oxygens (including phenoxy) is 2. The summed E-state index contributed by atoms with van der Waals surface area (Å²) >= 11 is 6.09. The fourth-order valence-corrected chi connectivity index (χ4v) is 4.54. The fourth-order valence-electron chi connectivity index (χ4n) is 4.33. The fraction of sp³-hybridized carbons (Fsp3) is 0.480. The van der Waals surface area contributed by atoms with E-state index in [0.29, 0.717) is 53.8 Å². The van der Waals surface area contributed by atoms with Crippen LogP contribution in [0.5, 0.6) is 5.75 Å². The second-order valence-corrected chi connectivity index (χ2v) is 9.93. The number of hydrogen-bond donors (Lipinski definition) is 1. The molecule has 9 heteroatoms. The molecule has 0 saturated carbocycles. The summed E-state index contributed by atoms with van der Waals surface area (Å²) in [4.78, 5) is 20.0. The normalized spacial score (nSPS) is 18.9. The van der Waals surface area contributed by atoms with Crippen molar-refractivity contribution in [3.8, 4) is 5.75 Å². The number of morpholine rings is 1. The summed E-state index contributed by atoms with van der Waals surface area (Å²) in [5, 5.41) is 15.6. The first-order chi connectivity index (χ1) is 16.1. The Morgan fingerprint density at radius 3 is 2.82 bits per heavy atom. The van der Waals surface area contributed by atoms with Crippen LogP contribution in [0.15, 0.2) is 36.5 Å². The number of rotatable bonds is 7. The Kier molecular flexibility index (Phi) is 7.12. The number of carbonyl (C=O) groups is 1. The highest BCUT2D eigenvalue weighted by molar-refractivity contribution is 6.30. The number of hydrogen-bond acceptors (Lipinski definition) is 6. The Labute approximate surface area is 204 Å². The standard InChI is InChI=1S/C25H31ClN4O4/c1-16-13-29(20(15-34-16)12-25(2,3)32)24(31)18-11-21(33-4)23-27-22(28-30(23)14-18)9-8-17-6-5-7-19(26)10-17/h5-7,10-11,14,16,20,32H,8-9,12-13,15H2,1-4H3. The van der Waals surface area contributed by atoms with Gasteiger partial charge in [-0.15, -0.1) is 0 Å². The number of amides is 1. The molecule has 182 valence electrons. The van der Waals surface area contributed by atoms with Gasteiger partial charge in [-0.1, -0.05) is 23.7 Å². The molecular formula is C25H31ClN4O4. The minimum absolute atomic E-state index is 0.0860. The Hall–Kier alpha value is -2.68. The van der Waals surface area contributed by atoms with Gasteiger partial charge in [-0.3, -0.25) is 4.79 Å². The van der Waals surface area contributed by atoms with Crippen molar-refractivity contribution < 1.29 is 19.4 Å². The van der Waals surface area contributed by atoms with E-state index in [0.717, 1.165) is 12.0 Å². The number of carbonyl (C=O) groups excluding carboxylic acids is 1. The number of methoxy groups -OCH3 is 1. The van der Waals surface area contributed by atoms with Crippen LogP contribution >= 0.6 is 11.6 Å². The summed E-state index contributed by atoms with van der Waals surface area (Å²) in [6.07, 6.45) is 3.40. The number of fused-ring (bicyclic) bond motifs is 1. The number of nitrogens with zero attached hydrogens (tertiary/aromatic N) is 4. The molecule has 1 aliphatic rings. The van der Waals surface area contributed by atoms with Crippen LogP contribution in [-0.4, -0.2) is 68.5 Å². The Morgan fingerprint density at radius 2 is 2.12 bits per heavy atom. The second-order valence-electron chi connectivity index (χ2n) is 9.50. The molecule has 8 nitrogen and oxygen atoms in total. The summed E-state index contributed by atoms with van der Waals surface area (Å²) in [5.41, 5.74) is 1.20. The van der Waals surface area contributed by atoms with Crippen molar-refractivity contribution in [1.29, 1.82) is 0 Å². The Morgan fingerprint density at radius 1 is 1.32 bits per heavy atom. The second kappa shape index (κ2) is 9.90. The van der Waals surface area contributed by atoms with Crippen molar-refractivity contribution in [3.05, 3.63) is 58.5 Å². The van der Waals surface area contributed by atoms with E-state index in [1.807, 2.05) is 31.2 Å². The molecule has 0 aliphatic carbocycles. The first-order valence-electron chi connectivity index (χ1n) is 11.5. The molecule has 0 bridgehead atoms. The van der Waals surface area contributed by atoms with E-state index >= 15 is 0 Å². The molecule has 2 atom stereocenters. The van der Waals surface area contributed by atoms with Crippen LogP contribution in [0.1, 0.15) is 48.9 Å². The lowest BCUT2D eigenvalue weighted by molar-refractivity contribution is -0.0656. The first kappa shape index (κ1) is 24.4. The lowest BCUT2D eigenvalue weighted by atomic mass is 9.96. The largest absolute Gasteiger partial charge is 0.493 e. The van der Waals surface area contributed by atoms with Gasteiger partial charge < -0.3 is 19.5 Å². The minimum Gasteiger partial charge on any atom is -0.493 e. The van der Waals surface area contributed by atoms with Gasteiger partial charge in [0, 0.05) is 24.2 Å². The zero-order chi connectivity index (χ0) is 24.5. The maximum Gasteiger partial charge on any atom is 0.255 e. The quantitative estimate of drug-likeness (QED) is 0.549. The molecule has 2 aromatic heterocycles. The van der Waals surface area contributed by atoms with E-state index in [9.17, 15) is 9.90 Å². The SMILES string of the molecule is COc1cc(C(=O)N2CC(C)OCC2CC(C)(C)O)cn2nc(CCc3cccc(Cl)c3)nc12. The molecule has 4 rings (SSSR count). The third kappa shape index (κ3) is 5.68. The highest BCUT2D eigenvalue weighted by Crippen LogP contribution is 2.26. The average Bonchev–Trinajstić information content (AvgIpc) is 3.20. The molecule has 1 amide bonds. The van der Waals surface area contributed by atoms with E-state index < -0.39 is 5.60 Å². The van der Waals surface area contributed by atoms with Crippen molar-refractivity contribution in [1.82, 2.24) is 19.5 Å². The van der Waals surface area contributed by atoms with Crippen LogP contribution in [0.2, 0.25) is 5.02 Å². The third-order valence-corrected chi connectivity index (χ3v) is 6.14. The molecule has 34 heavy (non-hydrogen) atoms. The van der Waals surface area contributed by atoms with Crippen molar-refractivity contribution in [2.24, 2.45) is 0 Å². The van der Waals surface area contributed by atoms with Gasteiger partial charge in [0.15, 0.2) is 17.2 Å². The zero-order valence-corrected chi connectivity index (χ0v) is 20.7. The summed E-state index contributed by atoms with van der Waals surface area (Å²) in [6.45, 7) is 6.25. The summed E-state index contributed by atoms with van der Waals surface area (Å²) < 4.78 is 12.9. The van der Waals surface area contributed by atoms with Crippen molar-refractivity contribution >= 4 is 23.2 Å². The molecule has 1 aromatic carbocycles. The van der Waals surface area contributed by atoms with Gasteiger partial charge in [0.25, 0.3) is 5.91 Å². The average molecular weight is 487 g/mol. The van der Waals surface area contributed by atoms with E-state index in [1.54, 1.807) is 42.6 Å². The molecule has 1 fully saturated rings. The first-order valence-corrected chi connectivity index (χ1v) is 11.8. The van der Waals surface area contributed by atoms with E-state index in [4.69, 9.17) is 21.1 Å². The van der Waals surface area contributed by atoms with Gasteiger partial charge in [-0.05, 0) is 57.4 Å². The molecule has 2 unspecified atom stereocenters. The smallest absolute Gasteiger partial charge is 0.255 e. The maximum absolute atomic E-state index is 13.6. The molecule has 3 heterocycles. The van der Waals surface area contributed by atoms with Crippen LogP contribution in [0.25, 0.3) is 5.65 Å². The van der Waals surface area contributed by atoms with Crippen LogP contribution in [0.4, 0.5) is 0 Å². The monoisotopic (exact) mass is 486 g/mol. The van der Waals surface area contributed by atoms with E-state index in [2.05, 4.69) is 10.1 Å². The lowest BCUT2D eigenvalue weighted by Gasteiger charge is -2.40. The number of benzene rings is 1. The number of aryl methyl sites for hydroxylation is 2. The maximum atomic E-state index is 13.6. The molecule has 1 N–H and O–H groups in total. The summed E-state index contributed by atoms with van der Waals surface area (Å²) in [5.74, 6) is 0.982. The number of aliphatic hydroxyl groups is 1. The number of halogens is 1. The van der Waals surface area contributed by atoms with Gasteiger partial charge in [-0.25, -0.2) is 9.50 Å². The van der Waals surface area contributed by atoms with Crippen LogP contribution in [0, 0.1) is 0 Å². The zero-order valence-electron chi connectivity index (χ0n) is 20.0. The predicted molar refractivity (Wildman–Crippen MR) is 130 cm³/mol. The summed E-state index contributed by atoms with van der Waals surface area (Å²) in [6, 6.07) is 9.20. The molecule has 0 radical (unpaired) electrons. The van der Waals surface area contributed by atoms with Gasteiger partial charge >= 0.3 is 0 Å². The lowest BCUT2D eigenvalue weighted by Crippen LogP contribution is -2.53. The summed E-state index contributed by atoms with van der Waals surface area (Å²) in [7, 11) is 1.55. The van der Waals surface area contributed by atoms with Crippen LogP contribution in [0.3, 0.4) is 0 Å². The highest BCUT2D eigenvalue weighted by atomic mass is 35.5. The molecule has 1 saturated heterocycles. The van der Waals surface area contributed by atoms with Gasteiger partial charge in [0.05, 0.1) is 37.0 Å². The van der Waals surface area contributed by atoms with Gasteiger partial charge in [-0.2, -0.15) is 5.10 Å². The topological polar surface area (TPSA) is 89.2 Å². The van der Waals surface area contributed by atoms with Crippen LogP contribution < -0.4 is 4.74 Å². The van der Waals surface area contributed by atoms with Gasteiger partial charge in [0.2, 0.25) is 0 Å². The minimum atomic E-state index is -0.918. The predicted octanol–water partition coefficient (Wildman–Crippen LogP) is 3.57. The van der Waals surface area contributed by atoms with Crippen molar-refractivity contribution in [3.63, 3.8) is 0 Å². The molecule has 0 spiro atoms. The third-order valence-electron chi connectivity index (χ3n) is 5.90. The van der Waals surface area contributed by atoms with E-state index in [1.165, 1.54) is 0 Å². The highest BCUT2D eigenvalue weighted by Gasteiger charge is 2.35. The van der Waals surface area contributed by atoms with Crippen molar-refractivity contribution in [2.75, 3.05) is 20.3 Å². The number of pyridine rings is 1.